The molecule has 0 saturated carbocycles. The molecule has 0 fully saturated rings. The van der Waals surface area contributed by atoms with Gasteiger partial charge in [0.1, 0.15) is 0 Å². The summed E-state index contributed by atoms with van der Waals surface area (Å²) < 4.78 is 5.00. The van der Waals surface area contributed by atoms with Gasteiger partial charge in [-0.05, 0) is 49.2 Å². The fourth-order valence-electron chi connectivity index (χ4n) is 2.40. The Morgan fingerprint density at radius 1 is 0.852 bits per heavy atom. The zero-order valence-corrected chi connectivity index (χ0v) is 15.7. The number of ketones is 1. The molecule has 2 rings (SSSR count). The molecule has 27 heavy (non-hydrogen) atoms. The van der Waals surface area contributed by atoms with Crippen molar-refractivity contribution in [3.05, 3.63) is 70.7 Å². The number of hydrogen-bond donors (Lipinski definition) is 1. The lowest BCUT2D eigenvalue weighted by Gasteiger charge is -2.06. The SMILES string of the molecule is O=C(CCCCCNC(=O)c1ccccc1)OCC(=O)c1ccc(Cl)cc1. The van der Waals surface area contributed by atoms with Gasteiger partial charge < -0.3 is 10.1 Å². The van der Waals surface area contributed by atoms with E-state index in [4.69, 9.17) is 16.3 Å². The van der Waals surface area contributed by atoms with Crippen molar-refractivity contribution in [3.63, 3.8) is 0 Å². The number of ether oxygens (including phenoxy) is 1. The molecule has 1 N–H and O–H groups in total. The van der Waals surface area contributed by atoms with Gasteiger partial charge in [-0.1, -0.05) is 36.2 Å². The minimum atomic E-state index is -0.398. The molecule has 0 aliphatic rings. The van der Waals surface area contributed by atoms with Crippen LogP contribution >= 0.6 is 11.6 Å². The van der Waals surface area contributed by atoms with Crippen LogP contribution in [0.3, 0.4) is 0 Å². The van der Waals surface area contributed by atoms with Gasteiger partial charge in [0.25, 0.3) is 5.91 Å². The first-order valence-corrected chi connectivity index (χ1v) is 9.21. The Balaban J connectivity index is 1.54. The number of esters is 1. The summed E-state index contributed by atoms with van der Waals surface area (Å²) in [6.45, 7) is 0.283. The number of nitrogens with one attached hydrogen (secondary N) is 1. The van der Waals surface area contributed by atoms with Crippen LogP contribution in [0.5, 0.6) is 0 Å². The highest BCUT2D eigenvalue weighted by Gasteiger charge is 2.10. The van der Waals surface area contributed by atoms with Crippen molar-refractivity contribution in [2.75, 3.05) is 13.2 Å². The molecule has 0 aliphatic carbocycles. The normalized spacial score (nSPS) is 10.3. The van der Waals surface area contributed by atoms with Crippen LogP contribution in [0.4, 0.5) is 0 Å². The minimum absolute atomic E-state index is 0.101. The molecule has 0 aliphatic heterocycles. The zero-order valence-electron chi connectivity index (χ0n) is 14.9. The van der Waals surface area contributed by atoms with E-state index in [0.29, 0.717) is 29.1 Å². The maximum atomic E-state index is 11.9. The molecule has 0 radical (unpaired) electrons. The molecule has 0 unspecified atom stereocenters. The van der Waals surface area contributed by atoms with Gasteiger partial charge in [-0.25, -0.2) is 0 Å². The standard InChI is InChI=1S/C21H22ClNO4/c22-18-12-10-16(11-13-18)19(24)15-27-20(25)9-5-2-6-14-23-21(26)17-7-3-1-4-8-17/h1,3-4,7-8,10-13H,2,5-6,9,14-15H2,(H,23,26). The van der Waals surface area contributed by atoms with E-state index in [0.717, 1.165) is 12.8 Å². The third-order valence-electron chi connectivity index (χ3n) is 3.91. The topological polar surface area (TPSA) is 72.5 Å². The van der Waals surface area contributed by atoms with Crippen LogP contribution in [0.25, 0.3) is 0 Å². The second-order valence-corrected chi connectivity index (χ2v) is 6.46. The number of rotatable bonds is 10. The van der Waals surface area contributed by atoms with Crippen LogP contribution < -0.4 is 5.32 Å². The lowest BCUT2D eigenvalue weighted by atomic mass is 10.1. The van der Waals surface area contributed by atoms with Crippen molar-refractivity contribution >= 4 is 29.3 Å². The van der Waals surface area contributed by atoms with E-state index in [1.165, 1.54) is 0 Å². The highest BCUT2D eigenvalue weighted by atomic mass is 35.5. The summed E-state index contributed by atoms with van der Waals surface area (Å²) in [7, 11) is 0. The number of carbonyl (C=O) groups excluding carboxylic acids is 3. The smallest absolute Gasteiger partial charge is 0.306 e. The summed E-state index contributed by atoms with van der Waals surface area (Å²) in [4.78, 5) is 35.4. The van der Waals surface area contributed by atoms with E-state index >= 15 is 0 Å². The largest absolute Gasteiger partial charge is 0.457 e. The summed E-state index contributed by atoms with van der Waals surface area (Å²) >= 11 is 5.77. The fourth-order valence-corrected chi connectivity index (χ4v) is 2.53. The lowest BCUT2D eigenvalue weighted by Crippen LogP contribution is -2.24. The predicted octanol–water partition coefficient (Wildman–Crippen LogP) is 4.06. The van der Waals surface area contributed by atoms with E-state index in [9.17, 15) is 14.4 Å². The molecule has 0 spiro atoms. The Bertz CT molecular complexity index is 760. The summed E-state index contributed by atoms with van der Waals surface area (Å²) in [5.74, 6) is -0.759. The minimum Gasteiger partial charge on any atom is -0.457 e. The van der Waals surface area contributed by atoms with Gasteiger partial charge in [-0.2, -0.15) is 0 Å². The van der Waals surface area contributed by atoms with Gasteiger partial charge in [-0.15, -0.1) is 0 Å². The third-order valence-corrected chi connectivity index (χ3v) is 4.16. The maximum absolute atomic E-state index is 11.9. The zero-order chi connectivity index (χ0) is 19.5. The Labute approximate surface area is 163 Å². The Kier molecular flexibility index (Phi) is 8.52. The van der Waals surface area contributed by atoms with Crippen molar-refractivity contribution in [2.24, 2.45) is 0 Å². The van der Waals surface area contributed by atoms with E-state index < -0.39 is 5.97 Å². The average molecular weight is 388 g/mol. The summed E-state index contributed by atoms with van der Waals surface area (Å²) in [6.07, 6.45) is 2.46. The predicted molar refractivity (Wildman–Crippen MR) is 104 cm³/mol. The number of amides is 1. The molecule has 0 atom stereocenters. The lowest BCUT2D eigenvalue weighted by molar-refractivity contribution is -0.142. The Morgan fingerprint density at radius 2 is 1.56 bits per heavy atom. The molecule has 142 valence electrons. The average Bonchev–Trinajstić information content (AvgIpc) is 2.69. The van der Waals surface area contributed by atoms with Crippen LogP contribution in [0.2, 0.25) is 5.02 Å². The van der Waals surface area contributed by atoms with Crippen molar-refractivity contribution < 1.29 is 19.1 Å². The molecule has 0 bridgehead atoms. The summed E-state index contributed by atoms with van der Waals surface area (Å²) in [5, 5.41) is 3.39. The first-order chi connectivity index (χ1) is 13.1. The summed E-state index contributed by atoms with van der Waals surface area (Å²) in [6, 6.07) is 15.5. The van der Waals surface area contributed by atoms with Crippen molar-refractivity contribution in [2.45, 2.75) is 25.7 Å². The molecule has 0 aromatic heterocycles. The van der Waals surface area contributed by atoms with Gasteiger partial charge in [0, 0.05) is 29.1 Å². The monoisotopic (exact) mass is 387 g/mol. The van der Waals surface area contributed by atoms with Crippen LogP contribution in [0.15, 0.2) is 54.6 Å². The number of hydrogen-bond acceptors (Lipinski definition) is 4. The van der Waals surface area contributed by atoms with Crippen LogP contribution in [0, 0.1) is 0 Å². The molecule has 0 saturated heterocycles. The second kappa shape index (κ2) is 11.1. The van der Waals surface area contributed by atoms with E-state index in [1.807, 2.05) is 18.2 Å². The van der Waals surface area contributed by atoms with Gasteiger partial charge in [-0.3, -0.25) is 14.4 Å². The number of benzene rings is 2. The van der Waals surface area contributed by atoms with Crippen molar-refractivity contribution in [1.29, 1.82) is 0 Å². The molecular weight excluding hydrogens is 366 g/mol. The first kappa shape index (κ1) is 20.6. The molecular formula is C21H22ClNO4. The van der Waals surface area contributed by atoms with Gasteiger partial charge >= 0.3 is 5.97 Å². The van der Waals surface area contributed by atoms with Gasteiger partial charge in [0.2, 0.25) is 0 Å². The molecule has 2 aromatic carbocycles. The van der Waals surface area contributed by atoms with Gasteiger partial charge in [0.15, 0.2) is 12.4 Å². The van der Waals surface area contributed by atoms with Crippen LogP contribution in [0.1, 0.15) is 46.4 Å². The number of unbranched alkanes of at least 4 members (excludes halogenated alkanes) is 2. The first-order valence-electron chi connectivity index (χ1n) is 8.84. The Hall–Kier alpha value is -2.66. The highest BCUT2D eigenvalue weighted by molar-refractivity contribution is 6.30. The molecule has 0 heterocycles. The van der Waals surface area contributed by atoms with E-state index in [2.05, 4.69) is 5.32 Å². The van der Waals surface area contributed by atoms with Crippen LogP contribution in [-0.2, 0) is 9.53 Å². The number of Topliss-reactive ketones (excluding diaryl/α,β-unsaturated/α-hetero) is 1. The Morgan fingerprint density at radius 3 is 2.26 bits per heavy atom. The molecule has 5 nitrogen and oxygen atoms in total. The number of halogens is 1. The van der Waals surface area contributed by atoms with Crippen LogP contribution in [-0.4, -0.2) is 30.8 Å². The molecule has 2 aromatic rings. The fraction of sp³-hybridized carbons (Fsp3) is 0.286. The second-order valence-electron chi connectivity index (χ2n) is 6.02. The number of carbonyl (C=O) groups is 3. The quantitative estimate of drug-likeness (QED) is 0.379. The van der Waals surface area contributed by atoms with E-state index in [-0.39, 0.29) is 24.7 Å². The molecule has 1 amide bonds. The molecule has 6 heteroatoms. The highest BCUT2D eigenvalue weighted by Crippen LogP contribution is 2.10. The maximum Gasteiger partial charge on any atom is 0.306 e. The third kappa shape index (κ3) is 7.62. The van der Waals surface area contributed by atoms with Crippen molar-refractivity contribution in [1.82, 2.24) is 5.32 Å². The van der Waals surface area contributed by atoms with E-state index in [1.54, 1.807) is 36.4 Å². The van der Waals surface area contributed by atoms with Crippen molar-refractivity contribution in [3.8, 4) is 0 Å². The van der Waals surface area contributed by atoms with Gasteiger partial charge in [0.05, 0.1) is 0 Å². The summed E-state index contributed by atoms with van der Waals surface area (Å²) in [5.41, 5.74) is 1.09.